The second-order valence-corrected chi connectivity index (χ2v) is 5.27. The average Bonchev–Trinajstić information content (AvgIpc) is 2.40. The minimum Gasteiger partial charge on any atom is -0.326 e. The molecule has 2 rings (SSSR count). The zero-order valence-corrected chi connectivity index (χ0v) is 12.4. The van der Waals surface area contributed by atoms with E-state index in [0.29, 0.717) is 0 Å². The number of guanidine groups is 1. The number of aliphatic imine (C=N–C) groups is 1. The molecule has 0 amide bonds. The molecule has 1 atom stereocenters. The molecular weight excluding hydrogens is 250 g/mol. The number of nitrogens with one attached hydrogen (secondary N) is 1. The van der Waals surface area contributed by atoms with Gasteiger partial charge in [-0.2, -0.15) is 0 Å². The number of nitrogens with zero attached hydrogens (tertiary/aromatic N) is 3. The van der Waals surface area contributed by atoms with Crippen molar-refractivity contribution in [2.75, 3.05) is 32.5 Å². The van der Waals surface area contributed by atoms with Crippen LogP contribution in [-0.2, 0) is 0 Å². The second kappa shape index (κ2) is 6.54. The lowest BCUT2D eigenvalue weighted by Crippen LogP contribution is -2.51. The van der Waals surface area contributed by atoms with Gasteiger partial charge in [0.05, 0.1) is 0 Å². The fourth-order valence-electron chi connectivity index (χ4n) is 1.95. The van der Waals surface area contributed by atoms with Crippen molar-refractivity contribution in [1.82, 2.24) is 9.80 Å². The molecule has 3 N–H and O–H groups in total. The number of rotatable bonds is 4. The summed E-state index contributed by atoms with van der Waals surface area (Å²) in [6, 6.07) is 8.24. The summed E-state index contributed by atoms with van der Waals surface area (Å²) < 4.78 is 0. The van der Waals surface area contributed by atoms with Gasteiger partial charge in [0.15, 0.2) is 0 Å². The van der Waals surface area contributed by atoms with E-state index in [1.807, 2.05) is 18.2 Å². The van der Waals surface area contributed by atoms with Gasteiger partial charge in [0.1, 0.15) is 6.17 Å². The first-order valence-corrected chi connectivity index (χ1v) is 6.81. The zero-order valence-electron chi connectivity index (χ0n) is 12.4. The predicted molar refractivity (Wildman–Crippen MR) is 84.6 cm³/mol. The molecule has 1 aliphatic heterocycles. The van der Waals surface area contributed by atoms with Crippen LogP contribution in [0.2, 0.25) is 0 Å². The van der Waals surface area contributed by atoms with E-state index in [4.69, 9.17) is 5.73 Å². The van der Waals surface area contributed by atoms with Crippen molar-refractivity contribution in [2.45, 2.75) is 13.1 Å². The molecule has 0 aliphatic carbocycles. The molecule has 108 valence electrons. The smallest absolute Gasteiger partial charge is 0.204 e. The molecule has 1 heterocycles. The van der Waals surface area contributed by atoms with E-state index in [-0.39, 0.29) is 6.17 Å². The Hall–Kier alpha value is -1.85. The summed E-state index contributed by atoms with van der Waals surface area (Å²) in [7, 11) is 4.10. The Kier molecular flexibility index (Phi) is 4.76. The van der Waals surface area contributed by atoms with E-state index < -0.39 is 0 Å². The van der Waals surface area contributed by atoms with E-state index in [0.717, 1.165) is 24.7 Å². The molecule has 1 aliphatic rings. The summed E-state index contributed by atoms with van der Waals surface area (Å²) in [4.78, 5) is 8.61. The van der Waals surface area contributed by atoms with E-state index in [9.17, 15) is 0 Å². The van der Waals surface area contributed by atoms with Crippen LogP contribution < -0.4 is 11.1 Å². The number of likely N-dealkylation sites (N-methyl/N-ethyl adjacent to an activating group) is 1. The van der Waals surface area contributed by atoms with Crippen LogP contribution in [0.25, 0.3) is 0 Å². The predicted octanol–water partition coefficient (Wildman–Crippen LogP) is 1.44. The first-order valence-electron chi connectivity index (χ1n) is 6.81. The molecule has 1 aromatic rings. The summed E-state index contributed by atoms with van der Waals surface area (Å²) >= 11 is 0. The van der Waals surface area contributed by atoms with Gasteiger partial charge < -0.3 is 20.9 Å². The van der Waals surface area contributed by atoms with Gasteiger partial charge in [-0.1, -0.05) is 17.7 Å². The molecule has 0 fully saturated rings. The SMILES string of the molecule is Cc1ccc(NC2=NC=CC(N)N2CCN(C)C)cc1. The largest absolute Gasteiger partial charge is 0.326 e. The number of hydrogen-bond donors (Lipinski definition) is 2. The van der Waals surface area contributed by atoms with Gasteiger partial charge in [-0.25, -0.2) is 4.99 Å². The molecule has 0 aromatic heterocycles. The molecule has 0 radical (unpaired) electrons. The van der Waals surface area contributed by atoms with Gasteiger partial charge in [-0.15, -0.1) is 0 Å². The molecule has 5 heteroatoms. The third-order valence-electron chi connectivity index (χ3n) is 3.21. The topological polar surface area (TPSA) is 56.9 Å². The van der Waals surface area contributed by atoms with E-state index in [1.54, 1.807) is 6.20 Å². The quantitative estimate of drug-likeness (QED) is 0.871. The lowest BCUT2D eigenvalue weighted by atomic mass is 10.2. The molecule has 1 unspecified atom stereocenters. The lowest BCUT2D eigenvalue weighted by molar-refractivity contribution is 0.299. The van der Waals surface area contributed by atoms with E-state index in [2.05, 4.69) is 53.3 Å². The van der Waals surface area contributed by atoms with Crippen molar-refractivity contribution in [1.29, 1.82) is 0 Å². The van der Waals surface area contributed by atoms with Crippen molar-refractivity contribution < 1.29 is 0 Å². The van der Waals surface area contributed by atoms with Crippen LogP contribution in [0.1, 0.15) is 5.56 Å². The molecular formula is C15H23N5. The van der Waals surface area contributed by atoms with Crippen LogP contribution in [-0.4, -0.2) is 49.1 Å². The first-order chi connectivity index (χ1) is 9.56. The highest BCUT2D eigenvalue weighted by molar-refractivity contribution is 5.94. The maximum Gasteiger partial charge on any atom is 0.204 e. The standard InChI is InChI=1S/C15H23N5/c1-12-4-6-13(7-5-12)18-15-17-9-8-14(16)20(15)11-10-19(2)3/h4-9,14H,10-11,16H2,1-3H3,(H,17,18). The van der Waals surface area contributed by atoms with Crippen LogP contribution in [0.5, 0.6) is 0 Å². The van der Waals surface area contributed by atoms with Crippen molar-refractivity contribution in [3.05, 3.63) is 42.1 Å². The lowest BCUT2D eigenvalue weighted by Gasteiger charge is -2.33. The molecule has 20 heavy (non-hydrogen) atoms. The molecule has 1 aromatic carbocycles. The molecule has 0 saturated carbocycles. The maximum atomic E-state index is 6.13. The number of anilines is 1. The van der Waals surface area contributed by atoms with Crippen LogP contribution >= 0.6 is 0 Å². The third kappa shape index (κ3) is 3.82. The summed E-state index contributed by atoms with van der Waals surface area (Å²) in [5.41, 5.74) is 8.39. The zero-order chi connectivity index (χ0) is 14.5. The van der Waals surface area contributed by atoms with Gasteiger partial charge in [-0.05, 0) is 39.2 Å². The van der Waals surface area contributed by atoms with Crippen molar-refractivity contribution >= 4 is 11.6 Å². The first kappa shape index (κ1) is 14.6. The van der Waals surface area contributed by atoms with Crippen molar-refractivity contribution in [3.8, 4) is 0 Å². The van der Waals surface area contributed by atoms with E-state index >= 15 is 0 Å². The summed E-state index contributed by atoms with van der Waals surface area (Å²) in [6.07, 6.45) is 3.52. The summed E-state index contributed by atoms with van der Waals surface area (Å²) in [6.45, 7) is 3.83. The van der Waals surface area contributed by atoms with Gasteiger partial charge in [0.25, 0.3) is 0 Å². The van der Waals surface area contributed by atoms with Crippen molar-refractivity contribution in [3.63, 3.8) is 0 Å². The third-order valence-corrected chi connectivity index (χ3v) is 3.21. The monoisotopic (exact) mass is 273 g/mol. The minimum atomic E-state index is -0.139. The molecule has 5 nitrogen and oxygen atoms in total. The average molecular weight is 273 g/mol. The highest BCUT2D eigenvalue weighted by atomic mass is 15.4. The second-order valence-electron chi connectivity index (χ2n) is 5.27. The van der Waals surface area contributed by atoms with Gasteiger partial charge in [0, 0.05) is 25.0 Å². The highest BCUT2D eigenvalue weighted by Crippen LogP contribution is 2.12. The number of nitrogens with two attached hydrogens (primary N) is 1. The molecule has 0 saturated heterocycles. The Balaban J connectivity index is 2.08. The van der Waals surface area contributed by atoms with Crippen molar-refractivity contribution in [2.24, 2.45) is 10.7 Å². The fourth-order valence-corrected chi connectivity index (χ4v) is 1.95. The molecule has 0 bridgehead atoms. The van der Waals surface area contributed by atoms with Gasteiger partial charge >= 0.3 is 0 Å². The summed E-state index contributed by atoms with van der Waals surface area (Å²) in [5.74, 6) is 0.797. The molecule has 0 spiro atoms. The maximum absolute atomic E-state index is 6.13. The fraction of sp³-hybridized carbons (Fsp3) is 0.400. The number of aryl methyl sites for hydroxylation is 1. The Morgan fingerprint density at radius 3 is 2.65 bits per heavy atom. The Morgan fingerprint density at radius 1 is 1.30 bits per heavy atom. The Bertz CT molecular complexity index is 489. The Morgan fingerprint density at radius 2 is 2.00 bits per heavy atom. The minimum absolute atomic E-state index is 0.139. The number of benzene rings is 1. The van der Waals surface area contributed by atoms with Gasteiger partial charge in [0.2, 0.25) is 5.96 Å². The highest BCUT2D eigenvalue weighted by Gasteiger charge is 2.19. The summed E-state index contributed by atoms with van der Waals surface area (Å²) in [5, 5.41) is 3.34. The van der Waals surface area contributed by atoms with Gasteiger partial charge in [-0.3, -0.25) is 0 Å². The Labute approximate surface area is 120 Å². The number of hydrogen-bond acceptors (Lipinski definition) is 5. The van der Waals surface area contributed by atoms with E-state index in [1.165, 1.54) is 5.56 Å². The van der Waals surface area contributed by atoms with Crippen LogP contribution in [0.4, 0.5) is 5.69 Å². The van der Waals surface area contributed by atoms with Crippen LogP contribution in [0, 0.1) is 6.92 Å². The van der Waals surface area contributed by atoms with Crippen LogP contribution in [0.15, 0.2) is 41.5 Å². The van der Waals surface area contributed by atoms with Crippen LogP contribution in [0.3, 0.4) is 0 Å². The normalized spacial score (nSPS) is 18.4.